The molecule has 0 fully saturated rings. The van der Waals surface area contributed by atoms with Crippen LogP contribution in [0.15, 0.2) is 59.6 Å². The molecule has 1 aromatic heterocycles. The van der Waals surface area contributed by atoms with Gasteiger partial charge in [-0.2, -0.15) is 0 Å². The zero-order valence-corrected chi connectivity index (χ0v) is 15.9. The number of thiazole rings is 1. The fourth-order valence-electron chi connectivity index (χ4n) is 2.29. The average molecular weight is 369 g/mol. The van der Waals surface area contributed by atoms with Crippen LogP contribution in [0.25, 0.3) is 0 Å². The minimum absolute atomic E-state index is 0.0261. The van der Waals surface area contributed by atoms with Gasteiger partial charge in [0.1, 0.15) is 0 Å². The highest BCUT2D eigenvalue weighted by Gasteiger charge is 2.08. The first-order chi connectivity index (χ1) is 12.1. The highest BCUT2D eigenvalue weighted by atomic mass is 32.2. The van der Waals surface area contributed by atoms with Crippen molar-refractivity contribution in [1.29, 1.82) is 0 Å². The smallest absolute Gasteiger partial charge is 0.236 e. The Morgan fingerprint density at radius 3 is 2.36 bits per heavy atom. The lowest BCUT2D eigenvalue weighted by molar-refractivity contribution is -0.113. The van der Waals surface area contributed by atoms with Gasteiger partial charge in [-0.1, -0.05) is 47.5 Å². The number of carbonyl (C=O) groups is 1. The molecule has 5 heteroatoms. The van der Waals surface area contributed by atoms with E-state index in [1.165, 1.54) is 39.8 Å². The van der Waals surface area contributed by atoms with Gasteiger partial charge >= 0.3 is 0 Å². The Bertz CT molecular complexity index is 839. The molecule has 0 atom stereocenters. The second kappa shape index (κ2) is 8.32. The number of nitrogens with one attached hydrogen (secondary N) is 1. The Morgan fingerprint density at radius 2 is 1.68 bits per heavy atom. The molecule has 3 aromatic rings. The number of rotatable bonds is 6. The number of nitrogens with zero attached hydrogens (tertiary/aromatic N) is 1. The van der Waals surface area contributed by atoms with Crippen LogP contribution in [-0.4, -0.2) is 16.6 Å². The fourth-order valence-corrected chi connectivity index (χ4v) is 3.85. The minimum Gasteiger partial charge on any atom is -0.301 e. The van der Waals surface area contributed by atoms with Crippen molar-refractivity contribution < 1.29 is 4.79 Å². The molecule has 3 nitrogen and oxygen atoms in total. The van der Waals surface area contributed by atoms with E-state index in [0.29, 0.717) is 10.9 Å². The van der Waals surface area contributed by atoms with Gasteiger partial charge in [0.25, 0.3) is 0 Å². The number of anilines is 1. The van der Waals surface area contributed by atoms with E-state index in [1.807, 2.05) is 18.3 Å². The molecule has 0 spiro atoms. The van der Waals surface area contributed by atoms with Gasteiger partial charge in [0.15, 0.2) is 5.13 Å². The number of benzene rings is 2. The monoisotopic (exact) mass is 368 g/mol. The van der Waals surface area contributed by atoms with Crippen LogP contribution in [0.4, 0.5) is 5.13 Å². The Kier molecular flexibility index (Phi) is 5.89. The highest BCUT2D eigenvalue weighted by Crippen LogP contribution is 2.23. The average Bonchev–Trinajstić information content (AvgIpc) is 3.03. The van der Waals surface area contributed by atoms with Crippen LogP contribution in [0.3, 0.4) is 0 Å². The first-order valence-corrected chi connectivity index (χ1v) is 9.88. The highest BCUT2D eigenvalue weighted by molar-refractivity contribution is 8.00. The molecule has 0 aliphatic rings. The molecule has 0 unspecified atom stereocenters. The van der Waals surface area contributed by atoms with Crippen molar-refractivity contribution in [2.24, 2.45) is 0 Å². The Hall–Kier alpha value is -2.11. The van der Waals surface area contributed by atoms with Gasteiger partial charge in [-0.05, 0) is 31.5 Å². The third kappa shape index (κ3) is 5.44. The molecule has 0 radical (unpaired) electrons. The molecule has 0 aliphatic heterocycles. The molecule has 128 valence electrons. The van der Waals surface area contributed by atoms with E-state index < -0.39 is 0 Å². The van der Waals surface area contributed by atoms with E-state index >= 15 is 0 Å². The standard InChI is InChI=1S/C20H20N2OS2/c1-14-3-7-16(8-4-14)11-18-12-21-20(25-18)22-19(23)13-24-17-9-5-15(2)6-10-17/h3-10,12H,11,13H2,1-2H3,(H,21,22,23). The lowest BCUT2D eigenvalue weighted by Gasteiger charge is -2.02. The van der Waals surface area contributed by atoms with Crippen molar-refractivity contribution >= 4 is 34.1 Å². The van der Waals surface area contributed by atoms with Gasteiger partial charge < -0.3 is 5.32 Å². The third-order valence-corrected chi connectivity index (χ3v) is 5.61. The molecular formula is C20H20N2OS2. The van der Waals surface area contributed by atoms with Gasteiger partial charge in [0.2, 0.25) is 5.91 Å². The van der Waals surface area contributed by atoms with Crippen LogP contribution >= 0.6 is 23.1 Å². The van der Waals surface area contributed by atoms with E-state index in [-0.39, 0.29) is 5.91 Å². The van der Waals surface area contributed by atoms with E-state index in [0.717, 1.165) is 16.2 Å². The van der Waals surface area contributed by atoms with Crippen molar-refractivity contribution in [1.82, 2.24) is 4.98 Å². The maximum atomic E-state index is 12.1. The van der Waals surface area contributed by atoms with Crippen LogP contribution in [0, 0.1) is 13.8 Å². The summed E-state index contributed by atoms with van der Waals surface area (Å²) in [5.41, 5.74) is 3.73. The summed E-state index contributed by atoms with van der Waals surface area (Å²) >= 11 is 3.06. The summed E-state index contributed by atoms with van der Waals surface area (Å²) in [5, 5.41) is 3.55. The first kappa shape index (κ1) is 17.7. The zero-order chi connectivity index (χ0) is 17.6. The van der Waals surface area contributed by atoms with Crippen molar-refractivity contribution in [3.63, 3.8) is 0 Å². The SMILES string of the molecule is Cc1ccc(Cc2cnc(NC(=O)CSc3ccc(C)cc3)s2)cc1. The molecule has 1 heterocycles. The Balaban J connectivity index is 1.51. The van der Waals surface area contributed by atoms with Crippen LogP contribution in [0.5, 0.6) is 0 Å². The quantitative estimate of drug-likeness (QED) is 0.617. The number of amides is 1. The van der Waals surface area contributed by atoms with E-state index in [2.05, 4.69) is 60.5 Å². The number of hydrogen-bond donors (Lipinski definition) is 1. The molecule has 0 bridgehead atoms. The zero-order valence-electron chi connectivity index (χ0n) is 14.3. The van der Waals surface area contributed by atoms with Gasteiger partial charge in [0.05, 0.1) is 5.75 Å². The summed E-state index contributed by atoms with van der Waals surface area (Å²) in [4.78, 5) is 18.6. The van der Waals surface area contributed by atoms with E-state index in [9.17, 15) is 4.79 Å². The topological polar surface area (TPSA) is 42.0 Å². The summed E-state index contributed by atoms with van der Waals surface area (Å²) < 4.78 is 0. The van der Waals surface area contributed by atoms with Crippen LogP contribution in [0.1, 0.15) is 21.6 Å². The Labute approximate surface area is 156 Å². The van der Waals surface area contributed by atoms with Gasteiger partial charge in [0, 0.05) is 22.4 Å². The second-order valence-electron chi connectivity index (χ2n) is 5.94. The molecule has 0 saturated heterocycles. The predicted molar refractivity (Wildman–Crippen MR) is 107 cm³/mol. The molecular weight excluding hydrogens is 348 g/mol. The van der Waals surface area contributed by atoms with Crippen molar-refractivity contribution in [2.75, 3.05) is 11.1 Å². The van der Waals surface area contributed by atoms with E-state index in [1.54, 1.807) is 0 Å². The summed E-state index contributed by atoms with van der Waals surface area (Å²) in [5.74, 6) is 0.359. The largest absolute Gasteiger partial charge is 0.301 e. The van der Waals surface area contributed by atoms with Crippen molar-refractivity contribution in [3.8, 4) is 0 Å². The van der Waals surface area contributed by atoms with Crippen LogP contribution < -0.4 is 5.32 Å². The first-order valence-electron chi connectivity index (χ1n) is 8.08. The van der Waals surface area contributed by atoms with Crippen molar-refractivity contribution in [3.05, 3.63) is 76.3 Å². The van der Waals surface area contributed by atoms with E-state index in [4.69, 9.17) is 0 Å². The van der Waals surface area contributed by atoms with Crippen LogP contribution in [-0.2, 0) is 11.2 Å². The second-order valence-corrected chi connectivity index (χ2v) is 8.11. The number of carbonyl (C=O) groups excluding carboxylic acids is 1. The maximum Gasteiger partial charge on any atom is 0.236 e. The summed E-state index contributed by atoms with van der Waals surface area (Å²) in [6.45, 7) is 4.14. The summed E-state index contributed by atoms with van der Waals surface area (Å²) in [6.07, 6.45) is 2.68. The third-order valence-electron chi connectivity index (χ3n) is 3.69. The van der Waals surface area contributed by atoms with Gasteiger partial charge in [-0.3, -0.25) is 4.79 Å². The summed E-state index contributed by atoms with van der Waals surface area (Å²) in [7, 11) is 0. The van der Waals surface area contributed by atoms with Gasteiger partial charge in [-0.25, -0.2) is 4.98 Å². The van der Waals surface area contributed by atoms with Crippen molar-refractivity contribution in [2.45, 2.75) is 25.2 Å². The number of aryl methyl sites for hydroxylation is 2. The molecule has 25 heavy (non-hydrogen) atoms. The Morgan fingerprint density at radius 1 is 1.04 bits per heavy atom. The normalized spacial score (nSPS) is 10.6. The molecule has 1 amide bonds. The lowest BCUT2D eigenvalue weighted by Crippen LogP contribution is -2.13. The minimum atomic E-state index is -0.0261. The van der Waals surface area contributed by atoms with Crippen LogP contribution in [0.2, 0.25) is 0 Å². The maximum absolute atomic E-state index is 12.1. The lowest BCUT2D eigenvalue weighted by atomic mass is 10.1. The fraction of sp³-hybridized carbons (Fsp3) is 0.200. The number of thioether (sulfide) groups is 1. The molecule has 0 saturated carbocycles. The molecule has 2 aromatic carbocycles. The van der Waals surface area contributed by atoms with Gasteiger partial charge in [-0.15, -0.1) is 23.1 Å². The molecule has 1 N–H and O–H groups in total. The molecule has 0 aliphatic carbocycles. The predicted octanol–water partition coefficient (Wildman–Crippen LogP) is 5.08. The number of hydrogen-bond acceptors (Lipinski definition) is 4. The molecule has 3 rings (SSSR count). The number of aromatic nitrogens is 1. The summed E-state index contributed by atoms with van der Waals surface area (Å²) in [6, 6.07) is 16.7.